The minimum atomic E-state index is -0.223. The molecule has 0 saturated carbocycles. The molecule has 5 nitrogen and oxygen atoms in total. The summed E-state index contributed by atoms with van der Waals surface area (Å²) < 4.78 is 19.8. The number of carbonyl (C=O) groups excluding carboxylic acids is 1. The highest BCUT2D eigenvalue weighted by Gasteiger charge is 2.23. The first-order valence-corrected chi connectivity index (χ1v) is 12.4. The van der Waals surface area contributed by atoms with Crippen molar-refractivity contribution in [3.05, 3.63) is 48.3 Å². The van der Waals surface area contributed by atoms with Crippen molar-refractivity contribution in [2.45, 2.75) is 24.7 Å². The molecule has 1 fully saturated rings. The third-order valence-corrected chi connectivity index (χ3v) is 7.37. The fourth-order valence-corrected chi connectivity index (χ4v) is 5.46. The normalized spacial score (nSPS) is 14.3. The van der Waals surface area contributed by atoms with Crippen LogP contribution in [0, 0.1) is 5.82 Å². The van der Waals surface area contributed by atoms with Crippen molar-refractivity contribution in [1.29, 1.82) is 0 Å². The molecular weight excluding hydrogens is 433 g/mol. The molecule has 31 heavy (non-hydrogen) atoms. The summed E-state index contributed by atoms with van der Waals surface area (Å²) in [5.41, 5.74) is 0.918. The van der Waals surface area contributed by atoms with Gasteiger partial charge in [0.25, 0.3) is 0 Å². The molecular formula is C23H26FN3O2S2. The van der Waals surface area contributed by atoms with Crippen molar-refractivity contribution in [1.82, 2.24) is 9.88 Å². The number of carbonyl (C=O) groups is 1. The average Bonchev–Trinajstić information content (AvgIpc) is 3.23. The standard InChI is InChI=1S/C23H26FN3O2S2/c1-2-29-19-5-3-6-20-22(19)25-23(31-20)27-14-12-26(13-15-27)21(28)7-4-16-30-18-10-8-17(24)9-11-18/h3,5-6,8-11H,2,4,7,12-16H2,1H3. The Hall–Kier alpha value is -2.32. The molecule has 0 spiro atoms. The van der Waals surface area contributed by atoms with Crippen molar-refractivity contribution >= 4 is 44.4 Å². The number of piperazine rings is 1. The van der Waals surface area contributed by atoms with Crippen LogP contribution < -0.4 is 9.64 Å². The lowest BCUT2D eigenvalue weighted by Crippen LogP contribution is -2.48. The van der Waals surface area contributed by atoms with Gasteiger partial charge in [-0.1, -0.05) is 17.4 Å². The minimum Gasteiger partial charge on any atom is -0.492 e. The maximum Gasteiger partial charge on any atom is 0.222 e. The minimum absolute atomic E-state index is 0.210. The van der Waals surface area contributed by atoms with Gasteiger partial charge in [-0.3, -0.25) is 4.79 Å². The zero-order valence-corrected chi connectivity index (χ0v) is 19.2. The van der Waals surface area contributed by atoms with E-state index in [4.69, 9.17) is 9.72 Å². The Bertz CT molecular complexity index is 1020. The Balaban J connectivity index is 1.24. The molecule has 1 saturated heterocycles. The van der Waals surface area contributed by atoms with E-state index in [1.54, 1.807) is 35.2 Å². The molecule has 0 unspecified atom stereocenters. The Labute approximate surface area is 190 Å². The molecule has 4 rings (SSSR count). The number of hydrogen-bond donors (Lipinski definition) is 0. The number of amides is 1. The second-order valence-electron chi connectivity index (χ2n) is 7.31. The predicted molar refractivity (Wildman–Crippen MR) is 126 cm³/mol. The van der Waals surface area contributed by atoms with Crippen LogP contribution in [0.2, 0.25) is 0 Å². The van der Waals surface area contributed by atoms with Gasteiger partial charge in [0.15, 0.2) is 5.13 Å². The summed E-state index contributed by atoms with van der Waals surface area (Å²) in [6.07, 6.45) is 1.37. The lowest BCUT2D eigenvalue weighted by atomic mass is 10.2. The molecule has 0 radical (unpaired) electrons. The maximum absolute atomic E-state index is 13.0. The number of benzene rings is 2. The molecule has 8 heteroatoms. The van der Waals surface area contributed by atoms with E-state index < -0.39 is 0 Å². The van der Waals surface area contributed by atoms with Crippen LogP contribution >= 0.6 is 23.1 Å². The summed E-state index contributed by atoms with van der Waals surface area (Å²) in [6, 6.07) is 12.5. The van der Waals surface area contributed by atoms with E-state index in [0.29, 0.717) is 13.0 Å². The third-order valence-electron chi connectivity index (χ3n) is 5.19. The number of fused-ring (bicyclic) bond motifs is 1. The van der Waals surface area contributed by atoms with Crippen LogP contribution in [0.25, 0.3) is 10.2 Å². The smallest absolute Gasteiger partial charge is 0.222 e. The van der Waals surface area contributed by atoms with Crippen molar-refractivity contribution in [3.8, 4) is 5.75 Å². The van der Waals surface area contributed by atoms with Gasteiger partial charge in [-0.15, -0.1) is 11.8 Å². The van der Waals surface area contributed by atoms with E-state index >= 15 is 0 Å². The average molecular weight is 460 g/mol. The lowest BCUT2D eigenvalue weighted by Gasteiger charge is -2.34. The molecule has 1 aliphatic heterocycles. The molecule has 3 aromatic rings. The quantitative estimate of drug-likeness (QED) is 0.348. The first-order valence-electron chi connectivity index (χ1n) is 10.6. The van der Waals surface area contributed by atoms with Gasteiger partial charge >= 0.3 is 0 Å². The monoisotopic (exact) mass is 459 g/mol. The Kier molecular flexibility index (Phi) is 7.29. The van der Waals surface area contributed by atoms with Crippen LogP contribution in [0.4, 0.5) is 9.52 Å². The second kappa shape index (κ2) is 10.3. The van der Waals surface area contributed by atoms with E-state index in [2.05, 4.69) is 11.0 Å². The summed E-state index contributed by atoms with van der Waals surface area (Å²) in [5.74, 6) is 1.67. The summed E-state index contributed by atoms with van der Waals surface area (Å²) >= 11 is 3.33. The van der Waals surface area contributed by atoms with Crippen LogP contribution in [0.15, 0.2) is 47.4 Å². The van der Waals surface area contributed by atoms with Crippen LogP contribution in [-0.4, -0.2) is 54.3 Å². The van der Waals surface area contributed by atoms with Crippen molar-refractivity contribution in [3.63, 3.8) is 0 Å². The Morgan fingerprint density at radius 1 is 1.16 bits per heavy atom. The van der Waals surface area contributed by atoms with Gasteiger partial charge in [0.05, 0.1) is 11.3 Å². The number of thioether (sulfide) groups is 1. The van der Waals surface area contributed by atoms with E-state index in [1.165, 1.54) is 12.1 Å². The Morgan fingerprint density at radius 3 is 2.68 bits per heavy atom. The molecule has 1 aliphatic rings. The summed E-state index contributed by atoms with van der Waals surface area (Å²) in [6.45, 7) is 5.62. The van der Waals surface area contributed by atoms with Crippen LogP contribution in [-0.2, 0) is 4.79 Å². The lowest BCUT2D eigenvalue weighted by molar-refractivity contribution is -0.131. The highest BCUT2D eigenvalue weighted by atomic mass is 32.2. The van der Waals surface area contributed by atoms with Crippen LogP contribution in [0.3, 0.4) is 0 Å². The summed E-state index contributed by atoms with van der Waals surface area (Å²) in [5, 5.41) is 0.991. The number of nitrogens with zero attached hydrogens (tertiary/aromatic N) is 3. The number of para-hydroxylation sites is 1. The molecule has 2 aromatic carbocycles. The molecule has 0 bridgehead atoms. The molecule has 0 atom stereocenters. The molecule has 164 valence electrons. The zero-order valence-electron chi connectivity index (χ0n) is 17.6. The number of thiazole rings is 1. The fourth-order valence-electron chi connectivity index (χ4n) is 3.57. The number of rotatable bonds is 8. The molecule has 0 N–H and O–H groups in total. The van der Waals surface area contributed by atoms with Crippen molar-refractivity contribution in [2.75, 3.05) is 43.4 Å². The number of halogens is 1. The number of aromatic nitrogens is 1. The highest BCUT2D eigenvalue weighted by molar-refractivity contribution is 7.99. The van der Waals surface area contributed by atoms with E-state index in [1.807, 2.05) is 24.0 Å². The molecule has 1 amide bonds. The molecule has 0 aliphatic carbocycles. The van der Waals surface area contributed by atoms with Gasteiger partial charge in [0.1, 0.15) is 17.1 Å². The fraction of sp³-hybridized carbons (Fsp3) is 0.391. The number of ether oxygens (including phenoxy) is 1. The molecule has 1 aromatic heterocycles. The van der Waals surface area contributed by atoms with Gasteiger partial charge in [-0.2, -0.15) is 0 Å². The van der Waals surface area contributed by atoms with E-state index in [0.717, 1.165) is 64.3 Å². The van der Waals surface area contributed by atoms with Gasteiger partial charge in [0.2, 0.25) is 5.91 Å². The van der Waals surface area contributed by atoms with Gasteiger partial charge in [-0.25, -0.2) is 9.37 Å². The predicted octanol–water partition coefficient (Wildman–Crippen LogP) is 5.06. The zero-order chi connectivity index (χ0) is 21.6. The van der Waals surface area contributed by atoms with Crippen molar-refractivity contribution in [2.24, 2.45) is 0 Å². The largest absolute Gasteiger partial charge is 0.492 e. The highest BCUT2D eigenvalue weighted by Crippen LogP contribution is 2.34. The van der Waals surface area contributed by atoms with Crippen molar-refractivity contribution < 1.29 is 13.9 Å². The third kappa shape index (κ3) is 5.49. The van der Waals surface area contributed by atoms with E-state index in [9.17, 15) is 9.18 Å². The maximum atomic E-state index is 13.0. The molecule has 2 heterocycles. The second-order valence-corrected chi connectivity index (χ2v) is 9.48. The van der Waals surface area contributed by atoms with Gasteiger partial charge < -0.3 is 14.5 Å². The van der Waals surface area contributed by atoms with Gasteiger partial charge in [-0.05, 0) is 55.5 Å². The first-order chi connectivity index (χ1) is 15.1. The van der Waals surface area contributed by atoms with E-state index in [-0.39, 0.29) is 11.7 Å². The number of hydrogen-bond acceptors (Lipinski definition) is 6. The Morgan fingerprint density at radius 2 is 1.94 bits per heavy atom. The first kappa shape index (κ1) is 21.9. The van der Waals surface area contributed by atoms with Gasteiger partial charge in [0, 0.05) is 37.5 Å². The SMILES string of the molecule is CCOc1cccc2sc(N3CCN(C(=O)CCCSc4ccc(F)cc4)CC3)nc12. The summed E-state index contributed by atoms with van der Waals surface area (Å²) in [7, 11) is 0. The summed E-state index contributed by atoms with van der Waals surface area (Å²) in [4.78, 5) is 22.6. The number of anilines is 1. The van der Waals surface area contributed by atoms with Crippen LogP contribution in [0.1, 0.15) is 19.8 Å². The van der Waals surface area contributed by atoms with Crippen LogP contribution in [0.5, 0.6) is 5.75 Å². The topological polar surface area (TPSA) is 45.7 Å².